The molecule has 0 atom stereocenters. The van der Waals surface area contributed by atoms with Crippen molar-refractivity contribution >= 4 is 11.6 Å². The van der Waals surface area contributed by atoms with Crippen LogP contribution < -0.4 is 0 Å². The van der Waals surface area contributed by atoms with Gasteiger partial charge in [0.2, 0.25) is 0 Å². The molecule has 2 aromatic rings. The molecule has 0 radical (unpaired) electrons. The van der Waals surface area contributed by atoms with Crippen LogP contribution >= 0.6 is 0 Å². The zero-order valence-corrected chi connectivity index (χ0v) is 9.96. The van der Waals surface area contributed by atoms with Gasteiger partial charge >= 0.3 is 0 Å². The Hall–Kier alpha value is -2.42. The van der Waals surface area contributed by atoms with Gasteiger partial charge in [0.15, 0.2) is 0 Å². The fraction of sp³-hybridized carbons (Fsp3) is 0.0667. The van der Waals surface area contributed by atoms with Crippen molar-refractivity contribution < 1.29 is 15.3 Å². The largest absolute Gasteiger partial charge is 0.508 e. The smallest absolute Gasteiger partial charge is 0.123 e. The lowest BCUT2D eigenvalue weighted by Crippen LogP contribution is -1.81. The molecule has 2 rings (SSSR count). The lowest BCUT2D eigenvalue weighted by Gasteiger charge is -2.04. The van der Waals surface area contributed by atoms with E-state index in [-0.39, 0.29) is 17.2 Å². The highest BCUT2D eigenvalue weighted by molar-refractivity contribution is 5.82. The number of phenols is 3. The molecule has 0 bridgehead atoms. The Kier molecular flexibility index (Phi) is 3.24. The molecule has 92 valence electrons. The number of benzene rings is 2. The van der Waals surface area contributed by atoms with E-state index in [1.807, 2.05) is 6.92 Å². The zero-order chi connectivity index (χ0) is 13.1. The average Bonchev–Trinajstić information content (AvgIpc) is 2.34. The SMILES string of the molecule is CC(=Cc1cc(O)ccc1O)c1ccc(O)cc1. The summed E-state index contributed by atoms with van der Waals surface area (Å²) in [5.41, 5.74) is 2.42. The first-order chi connectivity index (χ1) is 8.56. The second-order valence-electron chi connectivity index (χ2n) is 4.12. The first-order valence-electron chi connectivity index (χ1n) is 5.56. The maximum Gasteiger partial charge on any atom is 0.123 e. The Labute approximate surface area is 105 Å². The van der Waals surface area contributed by atoms with E-state index in [1.165, 1.54) is 18.2 Å². The number of aromatic hydroxyl groups is 3. The summed E-state index contributed by atoms with van der Waals surface area (Å²) in [6, 6.07) is 11.2. The Morgan fingerprint density at radius 3 is 2.17 bits per heavy atom. The molecule has 0 saturated carbocycles. The number of hydrogen-bond donors (Lipinski definition) is 3. The molecule has 0 aliphatic rings. The summed E-state index contributed by atoms with van der Waals surface area (Å²) in [5, 5.41) is 28.3. The molecule has 0 aliphatic carbocycles. The number of allylic oxidation sites excluding steroid dienone is 1. The Morgan fingerprint density at radius 1 is 0.889 bits per heavy atom. The van der Waals surface area contributed by atoms with Crippen LogP contribution in [0.15, 0.2) is 42.5 Å². The molecule has 0 heterocycles. The van der Waals surface area contributed by atoms with Gasteiger partial charge in [-0.05, 0) is 54.5 Å². The van der Waals surface area contributed by atoms with Crippen molar-refractivity contribution in [1.82, 2.24) is 0 Å². The first-order valence-corrected chi connectivity index (χ1v) is 5.56. The maximum atomic E-state index is 9.68. The predicted molar refractivity (Wildman–Crippen MR) is 71.4 cm³/mol. The van der Waals surface area contributed by atoms with E-state index in [9.17, 15) is 15.3 Å². The maximum absolute atomic E-state index is 9.68. The summed E-state index contributed by atoms with van der Waals surface area (Å²) in [6.07, 6.45) is 1.78. The lowest BCUT2D eigenvalue weighted by molar-refractivity contribution is 0.459. The van der Waals surface area contributed by atoms with Crippen molar-refractivity contribution in [3.05, 3.63) is 53.6 Å². The van der Waals surface area contributed by atoms with Gasteiger partial charge in [-0.3, -0.25) is 0 Å². The van der Waals surface area contributed by atoms with Crippen LogP contribution in [-0.4, -0.2) is 15.3 Å². The molecular weight excluding hydrogens is 228 g/mol. The summed E-state index contributed by atoms with van der Waals surface area (Å²) in [5.74, 6) is 0.440. The van der Waals surface area contributed by atoms with Crippen LogP contribution in [0.5, 0.6) is 17.2 Å². The fourth-order valence-corrected chi connectivity index (χ4v) is 1.70. The third-order valence-electron chi connectivity index (χ3n) is 2.71. The topological polar surface area (TPSA) is 60.7 Å². The normalized spacial score (nSPS) is 11.5. The Balaban J connectivity index is 2.38. The first kappa shape index (κ1) is 12.0. The van der Waals surface area contributed by atoms with E-state index in [0.29, 0.717) is 5.56 Å². The van der Waals surface area contributed by atoms with Crippen LogP contribution in [0.2, 0.25) is 0 Å². The van der Waals surface area contributed by atoms with E-state index in [1.54, 1.807) is 30.3 Å². The van der Waals surface area contributed by atoms with Crippen LogP contribution in [0.3, 0.4) is 0 Å². The van der Waals surface area contributed by atoms with E-state index in [0.717, 1.165) is 11.1 Å². The van der Waals surface area contributed by atoms with E-state index < -0.39 is 0 Å². The number of hydrogen-bond acceptors (Lipinski definition) is 3. The van der Waals surface area contributed by atoms with Crippen LogP contribution in [-0.2, 0) is 0 Å². The van der Waals surface area contributed by atoms with Crippen LogP contribution in [0.4, 0.5) is 0 Å². The molecule has 0 fully saturated rings. The van der Waals surface area contributed by atoms with E-state index >= 15 is 0 Å². The number of rotatable bonds is 2. The van der Waals surface area contributed by atoms with Gasteiger partial charge in [-0.15, -0.1) is 0 Å². The third-order valence-corrected chi connectivity index (χ3v) is 2.71. The predicted octanol–water partition coefficient (Wildman–Crippen LogP) is 3.36. The van der Waals surface area contributed by atoms with Gasteiger partial charge in [0.1, 0.15) is 17.2 Å². The van der Waals surface area contributed by atoms with E-state index in [2.05, 4.69) is 0 Å². The van der Waals surface area contributed by atoms with Gasteiger partial charge in [0.05, 0.1) is 0 Å². The number of phenolic OH excluding ortho intramolecular Hbond substituents is 3. The highest BCUT2D eigenvalue weighted by Crippen LogP contribution is 2.27. The van der Waals surface area contributed by atoms with Crippen molar-refractivity contribution in [1.29, 1.82) is 0 Å². The van der Waals surface area contributed by atoms with Crippen LogP contribution in [0.25, 0.3) is 11.6 Å². The standard InChI is InChI=1S/C15H14O3/c1-10(11-2-4-13(16)5-3-11)8-12-9-14(17)6-7-15(12)18/h2-9,16-18H,1H3. The Bertz CT molecular complexity index is 583. The van der Waals surface area contributed by atoms with Gasteiger partial charge < -0.3 is 15.3 Å². The highest BCUT2D eigenvalue weighted by Gasteiger charge is 2.02. The van der Waals surface area contributed by atoms with Gasteiger partial charge in [-0.2, -0.15) is 0 Å². The summed E-state index contributed by atoms with van der Waals surface area (Å²) in [4.78, 5) is 0. The Morgan fingerprint density at radius 2 is 1.50 bits per heavy atom. The quantitative estimate of drug-likeness (QED) is 0.559. The molecule has 3 heteroatoms. The molecule has 0 aliphatic heterocycles. The van der Waals surface area contributed by atoms with Crippen molar-refractivity contribution in [2.24, 2.45) is 0 Å². The molecule has 3 N–H and O–H groups in total. The summed E-state index contributed by atoms with van der Waals surface area (Å²) >= 11 is 0. The third kappa shape index (κ3) is 2.63. The lowest BCUT2D eigenvalue weighted by atomic mass is 10.0. The minimum absolute atomic E-state index is 0.109. The zero-order valence-electron chi connectivity index (χ0n) is 9.96. The second kappa shape index (κ2) is 4.84. The van der Waals surface area contributed by atoms with Crippen LogP contribution in [0.1, 0.15) is 18.1 Å². The van der Waals surface area contributed by atoms with Gasteiger partial charge in [0, 0.05) is 5.56 Å². The second-order valence-corrected chi connectivity index (χ2v) is 4.12. The molecule has 0 spiro atoms. The summed E-state index contributed by atoms with van der Waals surface area (Å²) < 4.78 is 0. The molecule has 0 aromatic heterocycles. The van der Waals surface area contributed by atoms with Gasteiger partial charge in [-0.25, -0.2) is 0 Å². The fourth-order valence-electron chi connectivity index (χ4n) is 1.70. The van der Waals surface area contributed by atoms with Gasteiger partial charge in [0.25, 0.3) is 0 Å². The minimum atomic E-state index is 0.109. The summed E-state index contributed by atoms with van der Waals surface area (Å²) in [6.45, 7) is 1.90. The minimum Gasteiger partial charge on any atom is -0.508 e. The summed E-state index contributed by atoms with van der Waals surface area (Å²) in [7, 11) is 0. The molecular formula is C15H14O3. The van der Waals surface area contributed by atoms with Crippen molar-refractivity contribution in [2.75, 3.05) is 0 Å². The molecule has 2 aromatic carbocycles. The monoisotopic (exact) mass is 242 g/mol. The van der Waals surface area contributed by atoms with Gasteiger partial charge in [-0.1, -0.05) is 12.1 Å². The highest BCUT2D eigenvalue weighted by atomic mass is 16.3. The van der Waals surface area contributed by atoms with Crippen molar-refractivity contribution in [2.45, 2.75) is 6.92 Å². The molecule has 0 amide bonds. The molecule has 0 unspecified atom stereocenters. The van der Waals surface area contributed by atoms with Crippen molar-refractivity contribution in [3.8, 4) is 17.2 Å². The molecule has 3 nitrogen and oxygen atoms in total. The molecule has 0 saturated heterocycles. The van der Waals surface area contributed by atoms with Crippen LogP contribution in [0, 0.1) is 0 Å². The van der Waals surface area contributed by atoms with Crippen molar-refractivity contribution in [3.63, 3.8) is 0 Å². The van der Waals surface area contributed by atoms with E-state index in [4.69, 9.17) is 0 Å². The average molecular weight is 242 g/mol. The molecule has 18 heavy (non-hydrogen) atoms.